The van der Waals surface area contributed by atoms with Crippen LogP contribution in [-0.4, -0.2) is 45.0 Å². The van der Waals surface area contributed by atoms with E-state index in [1.54, 1.807) is 19.2 Å². The van der Waals surface area contributed by atoms with E-state index in [2.05, 4.69) is 10.1 Å². The highest BCUT2D eigenvalue weighted by Crippen LogP contribution is 2.23. The monoisotopic (exact) mass is 279 g/mol. The van der Waals surface area contributed by atoms with Crippen LogP contribution in [0, 0.1) is 5.92 Å². The van der Waals surface area contributed by atoms with Gasteiger partial charge in [0.25, 0.3) is 0 Å². The average Bonchev–Trinajstić information content (AvgIpc) is 2.47. The van der Waals surface area contributed by atoms with E-state index in [-0.39, 0.29) is 18.6 Å². The molecular formula is C14H17NO5. The molecule has 2 unspecified atom stereocenters. The number of fused-ring (bicyclic) bond motifs is 1. The van der Waals surface area contributed by atoms with E-state index in [0.29, 0.717) is 6.29 Å². The van der Waals surface area contributed by atoms with E-state index >= 15 is 0 Å². The topological polar surface area (TPSA) is 81.7 Å². The molecule has 2 aliphatic rings. The SMILES string of the molecule is CNCC(=O)OC.O=CC1C=C2C=CC=CC2OC1=O. The van der Waals surface area contributed by atoms with Gasteiger partial charge in [-0.15, -0.1) is 0 Å². The lowest BCUT2D eigenvalue weighted by atomic mass is 9.96. The molecule has 6 heteroatoms. The molecular weight excluding hydrogens is 262 g/mol. The van der Waals surface area contributed by atoms with Gasteiger partial charge in [-0.25, -0.2) is 0 Å². The van der Waals surface area contributed by atoms with Gasteiger partial charge in [-0.1, -0.05) is 24.3 Å². The predicted octanol–water partition coefficient (Wildman–Crippen LogP) is 0.158. The van der Waals surface area contributed by atoms with Crippen molar-refractivity contribution in [2.75, 3.05) is 20.7 Å². The van der Waals surface area contributed by atoms with Crippen LogP contribution in [-0.2, 0) is 23.9 Å². The van der Waals surface area contributed by atoms with Gasteiger partial charge in [0.1, 0.15) is 18.3 Å². The summed E-state index contributed by atoms with van der Waals surface area (Å²) in [5, 5.41) is 2.64. The molecule has 0 bridgehead atoms. The van der Waals surface area contributed by atoms with Crippen LogP contribution >= 0.6 is 0 Å². The molecule has 1 aliphatic carbocycles. The maximum Gasteiger partial charge on any atom is 0.321 e. The molecule has 1 aliphatic heterocycles. The zero-order chi connectivity index (χ0) is 15.0. The summed E-state index contributed by atoms with van der Waals surface area (Å²) in [6.07, 6.45) is 9.23. The van der Waals surface area contributed by atoms with Gasteiger partial charge in [0.2, 0.25) is 0 Å². The summed E-state index contributed by atoms with van der Waals surface area (Å²) in [5.74, 6) is -1.44. The molecule has 0 aromatic rings. The molecule has 20 heavy (non-hydrogen) atoms. The van der Waals surface area contributed by atoms with Crippen LogP contribution in [0.4, 0.5) is 0 Å². The molecule has 0 aromatic heterocycles. The fourth-order valence-electron chi connectivity index (χ4n) is 1.59. The van der Waals surface area contributed by atoms with E-state index in [1.807, 2.05) is 18.2 Å². The van der Waals surface area contributed by atoms with Crippen molar-refractivity contribution in [2.45, 2.75) is 6.10 Å². The molecule has 2 atom stereocenters. The summed E-state index contributed by atoms with van der Waals surface area (Å²) in [7, 11) is 3.05. The molecule has 1 N–H and O–H groups in total. The highest BCUT2D eigenvalue weighted by atomic mass is 16.5. The molecule has 0 saturated carbocycles. The van der Waals surface area contributed by atoms with E-state index < -0.39 is 11.9 Å². The first-order valence-electron chi connectivity index (χ1n) is 6.06. The molecule has 0 fully saturated rings. The number of likely N-dealkylation sites (N-methyl/N-ethyl adjacent to an activating group) is 1. The predicted molar refractivity (Wildman–Crippen MR) is 71.7 cm³/mol. The zero-order valence-electron chi connectivity index (χ0n) is 11.4. The van der Waals surface area contributed by atoms with Gasteiger partial charge in [0.05, 0.1) is 13.7 Å². The van der Waals surface area contributed by atoms with Crippen molar-refractivity contribution in [3.8, 4) is 0 Å². The first-order valence-corrected chi connectivity index (χ1v) is 6.06. The molecule has 0 saturated heterocycles. The average molecular weight is 279 g/mol. The largest absolute Gasteiger partial charge is 0.468 e. The van der Waals surface area contributed by atoms with Crippen molar-refractivity contribution in [1.82, 2.24) is 5.32 Å². The molecule has 2 rings (SSSR count). The second-order valence-corrected chi connectivity index (χ2v) is 4.04. The Morgan fingerprint density at radius 2 is 2.25 bits per heavy atom. The van der Waals surface area contributed by atoms with Crippen LogP contribution in [0.15, 0.2) is 36.0 Å². The summed E-state index contributed by atoms with van der Waals surface area (Å²) < 4.78 is 9.31. The second-order valence-electron chi connectivity index (χ2n) is 4.04. The van der Waals surface area contributed by atoms with Gasteiger partial charge in [0, 0.05) is 0 Å². The van der Waals surface area contributed by atoms with Crippen LogP contribution in [0.1, 0.15) is 0 Å². The number of allylic oxidation sites excluding steroid dienone is 2. The van der Waals surface area contributed by atoms with Crippen molar-refractivity contribution in [3.05, 3.63) is 36.0 Å². The lowest BCUT2D eigenvalue weighted by Gasteiger charge is -2.24. The Morgan fingerprint density at radius 1 is 1.50 bits per heavy atom. The minimum atomic E-state index is -0.734. The van der Waals surface area contributed by atoms with Gasteiger partial charge in [-0.05, 0) is 18.7 Å². The number of aldehydes is 1. The number of methoxy groups -OCH3 is 1. The van der Waals surface area contributed by atoms with E-state index in [9.17, 15) is 14.4 Å². The Bertz CT molecular complexity index is 464. The molecule has 0 spiro atoms. The third-order valence-electron chi connectivity index (χ3n) is 2.60. The smallest absolute Gasteiger partial charge is 0.321 e. The molecule has 0 amide bonds. The van der Waals surface area contributed by atoms with Gasteiger partial charge in [-0.2, -0.15) is 0 Å². The van der Waals surface area contributed by atoms with Crippen LogP contribution in [0.3, 0.4) is 0 Å². The van der Waals surface area contributed by atoms with E-state index in [1.165, 1.54) is 7.11 Å². The van der Waals surface area contributed by atoms with Gasteiger partial charge in [0.15, 0.2) is 0 Å². The summed E-state index contributed by atoms with van der Waals surface area (Å²) in [6.45, 7) is 0.288. The van der Waals surface area contributed by atoms with Crippen molar-refractivity contribution in [2.24, 2.45) is 5.92 Å². The number of carbonyl (C=O) groups excluding carboxylic acids is 3. The highest BCUT2D eigenvalue weighted by molar-refractivity contribution is 5.91. The zero-order valence-corrected chi connectivity index (χ0v) is 11.4. The lowest BCUT2D eigenvalue weighted by molar-refractivity contribution is -0.151. The summed E-state index contributed by atoms with van der Waals surface area (Å²) in [4.78, 5) is 31.7. The van der Waals surface area contributed by atoms with Gasteiger partial charge in [-0.3, -0.25) is 9.59 Å². The van der Waals surface area contributed by atoms with E-state index in [4.69, 9.17) is 4.74 Å². The van der Waals surface area contributed by atoms with Crippen LogP contribution < -0.4 is 5.32 Å². The number of carbonyl (C=O) groups is 3. The second kappa shape index (κ2) is 8.06. The molecule has 0 aromatic carbocycles. The van der Waals surface area contributed by atoms with Crippen LogP contribution in [0.25, 0.3) is 0 Å². The van der Waals surface area contributed by atoms with Crippen LogP contribution in [0.5, 0.6) is 0 Å². The third-order valence-corrected chi connectivity index (χ3v) is 2.60. The number of esters is 2. The van der Waals surface area contributed by atoms with Crippen molar-refractivity contribution in [3.63, 3.8) is 0 Å². The summed E-state index contributed by atoms with van der Waals surface area (Å²) in [6, 6.07) is 0. The minimum absolute atomic E-state index is 0.234. The minimum Gasteiger partial charge on any atom is -0.468 e. The van der Waals surface area contributed by atoms with E-state index in [0.717, 1.165) is 5.57 Å². The summed E-state index contributed by atoms with van der Waals surface area (Å²) in [5.41, 5.74) is 0.874. The van der Waals surface area contributed by atoms with Crippen LogP contribution in [0.2, 0.25) is 0 Å². The maximum atomic E-state index is 11.1. The Morgan fingerprint density at radius 3 is 2.80 bits per heavy atom. The molecule has 108 valence electrons. The van der Waals surface area contributed by atoms with Gasteiger partial charge >= 0.3 is 11.9 Å². The fourth-order valence-corrected chi connectivity index (χ4v) is 1.59. The molecule has 1 heterocycles. The van der Waals surface area contributed by atoms with Crippen molar-refractivity contribution < 1.29 is 23.9 Å². The normalized spacial score (nSPS) is 22.7. The number of ether oxygens (including phenoxy) is 2. The fraction of sp³-hybridized carbons (Fsp3) is 0.357. The number of hydrogen-bond donors (Lipinski definition) is 1. The Labute approximate surface area is 117 Å². The van der Waals surface area contributed by atoms with Crippen molar-refractivity contribution in [1.29, 1.82) is 0 Å². The number of rotatable bonds is 3. The number of hydrogen-bond acceptors (Lipinski definition) is 6. The first kappa shape index (κ1) is 15.8. The number of nitrogens with one attached hydrogen (secondary N) is 1. The third kappa shape index (κ3) is 4.47. The Balaban J connectivity index is 0.000000246. The molecule has 6 nitrogen and oxygen atoms in total. The summed E-state index contributed by atoms with van der Waals surface area (Å²) >= 11 is 0. The highest BCUT2D eigenvalue weighted by Gasteiger charge is 2.28. The van der Waals surface area contributed by atoms with Crippen molar-refractivity contribution >= 4 is 18.2 Å². The quantitative estimate of drug-likeness (QED) is 0.450. The Hall–Kier alpha value is -2.21. The molecule has 0 radical (unpaired) electrons. The Kier molecular flexibility index (Phi) is 6.39. The maximum absolute atomic E-state index is 11.1. The standard InChI is InChI=1S/C10H8O3.C4H9NO2/c11-6-8-5-7-3-1-2-4-9(7)13-10(8)12;1-5-3-4(6)7-2/h1-6,8-9H;5H,3H2,1-2H3. The lowest BCUT2D eigenvalue weighted by Crippen LogP contribution is -2.30. The van der Waals surface area contributed by atoms with Gasteiger partial charge < -0.3 is 19.6 Å². The first-order chi connectivity index (χ1) is 9.62.